The molecule has 1 aromatic heterocycles. The minimum atomic E-state index is 0. The normalized spacial score (nSPS) is 18.9. The Kier molecular flexibility index (Phi) is 9.28. The quantitative estimate of drug-likeness (QED) is 0.358. The Morgan fingerprint density at radius 3 is 2.56 bits per heavy atom. The predicted octanol–water partition coefficient (Wildman–Crippen LogP) is 0.235. The number of carbonyl (C=O) groups is 1. The Balaban J connectivity index is 0.00000261. The SMILES string of the molecule is CCNC(=NCc1ccon1)N1CCN(CC(=O)N2CCOCC2)CC1.I. The number of hydrogen-bond donors (Lipinski definition) is 1. The van der Waals surface area contributed by atoms with Gasteiger partial charge in [0.1, 0.15) is 12.0 Å². The fourth-order valence-corrected chi connectivity index (χ4v) is 3.12. The lowest BCUT2D eigenvalue weighted by atomic mass is 10.3. The van der Waals surface area contributed by atoms with Crippen molar-refractivity contribution in [2.24, 2.45) is 4.99 Å². The standard InChI is InChI=1S/C17H28N6O3.HI/c1-2-18-17(19-13-15-3-10-26-20-15)23-6-4-21(5-7-23)14-16(24)22-8-11-25-12-9-22;/h3,10H,2,4-9,11-14H2,1H3,(H,18,19);1H. The first kappa shape index (κ1) is 21.9. The van der Waals surface area contributed by atoms with E-state index in [1.807, 2.05) is 11.0 Å². The Bertz CT molecular complexity index is 583. The summed E-state index contributed by atoms with van der Waals surface area (Å²) in [7, 11) is 0. The summed E-state index contributed by atoms with van der Waals surface area (Å²) in [5.74, 6) is 1.09. The van der Waals surface area contributed by atoms with Crippen LogP contribution >= 0.6 is 24.0 Å². The van der Waals surface area contributed by atoms with Crippen LogP contribution in [0.2, 0.25) is 0 Å². The zero-order valence-electron chi connectivity index (χ0n) is 15.8. The van der Waals surface area contributed by atoms with E-state index in [0.717, 1.165) is 44.4 Å². The van der Waals surface area contributed by atoms with Gasteiger partial charge in [0.25, 0.3) is 0 Å². The third-order valence-electron chi connectivity index (χ3n) is 4.61. The van der Waals surface area contributed by atoms with Crippen LogP contribution in [-0.4, -0.2) is 97.3 Å². The highest BCUT2D eigenvalue weighted by Crippen LogP contribution is 2.06. The lowest BCUT2D eigenvalue weighted by molar-refractivity contribution is -0.136. The van der Waals surface area contributed by atoms with Crippen LogP contribution in [0.15, 0.2) is 21.8 Å². The minimum absolute atomic E-state index is 0. The van der Waals surface area contributed by atoms with Crippen LogP contribution < -0.4 is 5.32 Å². The molecule has 9 nitrogen and oxygen atoms in total. The van der Waals surface area contributed by atoms with E-state index in [4.69, 9.17) is 9.26 Å². The van der Waals surface area contributed by atoms with Crippen molar-refractivity contribution in [2.75, 3.05) is 65.6 Å². The van der Waals surface area contributed by atoms with Crippen LogP contribution in [0.1, 0.15) is 12.6 Å². The summed E-state index contributed by atoms with van der Waals surface area (Å²) in [6, 6.07) is 1.82. The molecular formula is C17H29IN6O3. The average molecular weight is 492 g/mol. The van der Waals surface area contributed by atoms with Crippen molar-refractivity contribution in [3.63, 3.8) is 0 Å². The van der Waals surface area contributed by atoms with Gasteiger partial charge < -0.3 is 24.4 Å². The van der Waals surface area contributed by atoms with E-state index in [1.54, 1.807) is 6.26 Å². The second-order valence-corrected chi connectivity index (χ2v) is 6.42. The summed E-state index contributed by atoms with van der Waals surface area (Å²) >= 11 is 0. The highest BCUT2D eigenvalue weighted by molar-refractivity contribution is 14.0. The molecule has 1 aromatic rings. The molecule has 2 aliphatic heterocycles. The maximum atomic E-state index is 12.4. The molecule has 0 bridgehead atoms. The molecule has 0 spiro atoms. The zero-order valence-corrected chi connectivity index (χ0v) is 18.1. The van der Waals surface area contributed by atoms with Crippen LogP contribution in [0.3, 0.4) is 0 Å². The number of halogens is 1. The second-order valence-electron chi connectivity index (χ2n) is 6.42. The largest absolute Gasteiger partial charge is 0.378 e. The maximum Gasteiger partial charge on any atom is 0.236 e. The lowest BCUT2D eigenvalue weighted by Crippen LogP contribution is -2.54. The van der Waals surface area contributed by atoms with Crippen LogP contribution in [-0.2, 0) is 16.1 Å². The monoisotopic (exact) mass is 492 g/mol. The zero-order chi connectivity index (χ0) is 18.2. The predicted molar refractivity (Wildman–Crippen MR) is 112 cm³/mol. The summed E-state index contributed by atoms with van der Waals surface area (Å²) in [5, 5.41) is 7.23. The van der Waals surface area contributed by atoms with E-state index in [9.17, 15) is 4.79 Å². The van der Waals surface area contributed by atoms with Crippen molar-refractivity contribution < 1.29 is 14.1 Å². The van der Waals surface area contributed by atoms with Crippen LogP contribution in [0, 0.1) is 0 Å². The van der Waals surface area contributed by atoms with E-state index < -0.39 is 0 Å². The van der Waals surface area contributed by atoms with E-state index in [-0.39, 0.29) is 29.9 Å². The molecule has 1 N–H and O–H groups in total. The summed E-state index contributed by atoms with van der Waals surface area (Å²) in [6.07, 6.45) is 1.56. The number of amides is 1. The Morgan fingerprint density at radius 2 is 1.93 bits per heavy atom. The Morgan fingerprint density at radius 1 is 1.19 bits per heavy atom. The van der Waals surface area contributed by atoms with Crippen LogP contribution in [0.25, 0.3) is 0 Å². The highest BCUT2D eigenvalue weighted by Gasteiger charge is 2.24. The van der Waals surface area contributed by atoms with Gasteiger partial charge in [0, 0.05) is 51.9 Å². The Hall–Kier alpha value is -1.40. The molecule has 10 heteroatoms. The summed E-state index contributed by atoms with van der Waals surface area (Å²) < 4.78 is 10.2. The number of carbonyl (C=O) groups excluding carboxylic acids is 1. The lowest BCUT2D eigenvalue weighted by Gasteiger charge is -2.37. The average Bonchev–Trinajstić information content (AvgIpc) is 3.20. The first-order chi connectivity index (χ1) is 12.8. The first-order valence-corrected chi connectivity index (χ1v) is 9.26. The van der Waals surface area contributed by atoms with E-state index in [2.05, 4.69) is 32.2 Å². The molecule has 0 unspecified atom stereocenters. The third-order valence-corrected chi connectivity index (χ3v) is 4.61. The topological polar surface area (TPSA) is 86.4 Å². The molecule has 3 rings (SSSR count). The molecule has 0 atom stereocenters. The third kappa shape index (κ3) is 6.61. The number of guanidine groups is 1. The van der Waals surface area contributed by atoms with Crippen LogP contribution in [0.5, 0.6) is 0 Å². The smallest absolute Gasteiger partial charge is 0.236 e. The molecule has 1 amide bonds. The molecule has 0 aliphatic carbocycles. The van der Waals surface area contributed by atoms with Gasteiger partial charge in [0.2, 0.25) is 5.91 Å². The second kappa shape index (κ2) is 11.4. The first-order valence-electron chi connectivity index (χ1n) is 9.26. The molecule has 2 aliphatic rings. The summed E-state index contributed by atoms with van der Waals surface area (Å²) in [5.41, 5.74) is 0.815. The van der Waals surface area contributed by atoms with Gasteiger partial charge in [-0.1, -0.05) is 5.16 Å². The minimum Gasteiger partial charge on any atom is -0.378 e. The van der Waals surface area contributed by atoms with Gasteiger partial charge in [-0.05, 0) is 6.92 Å². The van der Waals surface area contributed by atoms with Gasteiger partial charge in [-0.2, -0.15) is 0 Å². The van der Waals surface area contributed by atoms with Crippen molar-refractivity contribution in [1.29, 1.82) is 0 Å². The number of morpholine rings is 1. The molecule has 3 heterocycles. The molecule has 152 valence electrons. The van der Waals surface area contributed by atoms with E-state index in [1.165, 1.54) is 0 Å². The van der Waals surface area contributed by atoms with Crippen molar-refractivity contribution in [1.82, 2.24) is 25.2 Å². The molecular weight excluding hydrogens is 463 g/mol. The Labute approximate surface area is 177 Å². The number of ether oxygens (including phenoxy) is 1. The van der Waals surface area contributed by atoms with Crippen molar-refractivity contribution in [2.45, 2.75) is 13.5 Å². The summed E-state index contributed by atoms with van der Waals surface area (Å²) in [6.45, 7) is 9.96. The highest BCUT2D eigenvalue weighted by atomic mass is 127. The maximum absolute atomic E-state index is 12.4. The fourth-order valence-electron chi connectivity index (χ4n) is 3.12. The van der Waals surface area contributed by atoms with Gasteiger partial charge in [0.15, 0.2) is 5.96 Å². The number of piperazine rings is 1. The van der Waals surface area contributed by atoms with E-state index >= 15 is 0 Å². The van der Waals surface area contributed by atoms with Crippen molar-refractivity contribution >= 4 is 35.8 Å². The van der Waals surface area contributed by atoms with Gasteiger partial charge in [-0.25, -0.2) is 4.99 Å². The fraction of sp³-hybridized carbons (Fsp3) is 0.706. The molecule has 2 fully saturated rings. The van der Waals surface area contributed by atoms with Gasteiger partial charge >= 0.3 is 0 Å². The number of rotatable bonds is 5. The molecule has 0 aromatic carbocycles. The van der Waals surface area contributed by atoms with E-state index in [0.29, 0.717) is 39.4 Å². The number of aliphatic imine (C=N–C) groups is 1. The van der Waals surface area contributed by atoms with Gasteiger partial charge in [0.05, 0.1) is 26.3 Å². The summed E-state index contributed by atoms with van der Waals surface area (Å²) in [4.78, 5) is 23.4. The number of nitrogens with zero attached hydrogens (tertiary/aromatic N) is 5. The number of hydrogen-bond acceptors (Lipinski definition) is 6. The van der Waals surface area contributed by atoms with Crippen molar-refractivity contribution in [3.05, 3.63) is 18.0 Å². The van der Waals surface area contributed by atoms with Gasteiger partial charge in [-0.3, -0.25) is 9.69 Å². The molecule has 0 radical (unpaired) electrons. The van der Waals surface area contributed by atoms with Crippen molar-refractivity contribution in [3.8, 4) is 0 Å². The number of nitrogens with one attached hydrogen (secondary N) is 1. The van der Waals surface area contributed by atoms with Crippen LogP contribution in [0.4, 0.5) is 0 Å². The number of aromatic nitrogens is 1. The molecule has 0 saturated carbocycles. The molecule has 27 heavy (non-hydrogen) atoms. The molecule has 2 saturated heterocycles. The van der Waals surface area contributed by atoms with Gasteiger partial charge in [-0.15, -0.1) is 24.0 Å².